The maximum absolute atomic E-state index is 8.88. The molecule has 0 rings (SSSR count). The third-order valence-electron chi connectivity index (χ3n) is 0.919. The van der Waals surface area contributed by atoms with Gasteiger partial charge < -0.3 is 49.1 Å². The summed E-state index contributed by atoms with van der Waals surface area (Å²) in [5.41, 5.74) is 39.3. The molecular formula is C9H27CoN6O4P-3. The van der Waals surface area contributed by atoms with Crippen LogP contribution in [0.15, 0.2) is 0 Å². The summed E-state index contributed by atoms with van der Waals surface area (Å²) >= 11 is 0. The van der Waals surface area contributed by atoms with Gasteiger partial charge >= 0.3 is 24.6 Å². The molecule has 0 saturated carbocycles. The van der Waals surface area contributed by atoms with E-state index in [0.29, 0.717) is 0 Å². The second kappa shape index (κ2) is 22.7. The van der Waals surface area contributed by atoms with E-state index in [2.05, 4.69) is 0 Å². The summed E-state index contributed by atoms with van der Waals surface area (Å²) < 4.78 is 8.88. The monoisotopic (exact) mass is 373 g/mol. The Morgan fingerprint density at radius 2 is 0.810 bits per heavy atom. The first-order valence-electron chi connectivity index (χ1n) is 5.67. The first-order chi connectivity index (χ1) is 8.81. The van der Waals surface area contributed by atoms with Gasteiger partial charge in [0.25, 0.3) is 0 Å². The van der Waals surface area contributed by atoms with Crippen LogP contribution < -0.4 is 0 Å². The van der Waals surface area contributed by atoms with Gasteiger partial charge in [-0.3, -0.25) is 0 Å². The van der Waals surface area contributed by atoms with E-state index in [1.54, 1.807) is 20.8 Å². The molecule has 0 aromatic rings. The molecule has 12 heteroatoms. The molecule has 0 spiro atoms. The van der Waals surface area contributed by atoms with Crippen molar-refractivity contribution in [3.05, 3.63) is 34.4 Å². The van der Waals surface area contributed by atoms with Gasteiger partial charge in [-0.2, -0.15) is 37.8 Å². The van der Waals surface area contributed by atoms with Crippen LogP contribution in [0.3, 0.4) is 0 Å². The van der Waals surface area contributed by atoms with Gasteiger partial charge in [-0.15, -0.1) is 0 Å². The van der Waals surface area contributed by atoms with Crippen LogP contribution in [0.2, 0.25) is 0 Å². The van der Waals surface area contributed by atoms with Crippen LogP contribution in [0, 0.1) is 0 Å². The van der Waals surface area contributed by atoms with Gasteiger partial charge in [0.2, 0.25) is 0 Å². The van der Waals surface area contributed by atoms with Crippen LogP contribution >= 0.6 is 7.82 Å². The fourth-order valence-electron chi connectivity index (χ4n) is 0. The average molecular weight is 373 g/mol. The topological polar surface area (TPSA) is 221 Å². The fourth-order valence-corrected chi connectivity index (χ4v) is 0. The van der Waals surface area contributed by atoms with E-state index in [1.807, 2.05) is 0 Å². The summed E-state index contributed by atoms with van der Waals surface area (Å²) in [6.45, 7) is 5.77. The Balaban J connectivity index is -0.0000000533. The van der Waals surface area contributed by atoms with Crippen LogP contribution in [0.1, 0.15) is 20.8 Å². The number of phosphoric acid groups is 1. The van der Waals surface area contributed by atoms with Crippen molar-refractivity contribution in [2.45, 2.75) is 38.9 Å². The number of rotatable bonds is 3. The maximum atomic E-state index is 8.88. The summed E-state index contributed by atoms with van der Waals surface area (Å²) in [5.74, 6) is 0. The van der Waals surface area contributed by atoms with Gasteiger partial charge in [-0.25, -0.2) is 4.57 Å². The molecular weight excluding hydrogens is 346 g/mol. The Labute approximate surface area is 137 Å². The van der Waals surface area contributed by atoms with E-state index in [1.165, 1.54) is 0 Å². The van der Waals surface area contributed by atoms with Crippen LogP contribution in [0.5, 0.6) is 0 Å². The van der Waals surface area contributed by atoms with Crippen LogP contribution in [0.25, 0.3) is 34.4 Å². The molecule has 3 unspecified atom stereocenters. The van der Waals surface area contributed by atoms with Crippen molar-refractivity contribution in [1.82, 2.24) is 0 Å². The Morgan fingerprint density at radius 3 is 0.810 bits per heavy atom. The normalized spacial score (nSPS) is 13.5. The van der Waals surface area contributed by atoms with E-state index >= 15 is 0 Å². The molecule has 0 aromatic carbocycles. The summed E-state index contributed by atoms with van der Waals surface area (Å²) in [6, 6.07) is -0.597. The second-order valence-electron chi connectivity index (χ2n) is 3.83. The van der Waals surface area contributed by atoms with Crippen molar-refractivity contribution in [2.24, 2.45) is 0 Å². The van der Waals surface area contributed by atoms with E-state index < -0.39 is 7.82 Å². The van der Waals surface area contributed by atoms with E-state index in [-0.39, 0.29) is 54.5 Å². The minimum absolute atomic E-state index is 0. The van der Waals surface area contributed by atoms with Gasteiger partial charge in [0.1, 0.15) is 0 Å². The average Bonchev–Trinajstić information content (AvgIpc) is 2.28. The maximum Gasteiger partial charge on any atom is 3.00 e. The van der Waals surface area contributed by atoms with Crippen molar-refractivity contribution in [3.8, 4) is 0 Å². The van der Waals surface area contributed by atoms with Gasteiger partial charge in [-0.05, 0) is 0 Å². The quantitative estimate of drug-likeness (QED) is 0.631. The molecule has 9 N–H and O–H groups in total. The first-order valence-corrected chi connectivity index (χ1v) is 7.23. The van der Waals surface area contributed by atoms with Crippen LogP contribution in [-0.2, 0) is 21.3 Å². The Kier molecular flexibility index (Phi) is 35.7. The van der Waals surface area contributed by atoms with Crippen molar-refractivity contribution in [2.75, 3.05) is 19.6 Å². The minimum Gasteiger partial charge on any atom is -0.679 e. The number of nitrogens with one attached hydrogen (secondary N) is 6. The summed E-state index contributed by atoms with van der Waals surface area (Å²) in [7, 11) is -4.64. The van der Waals surface area contributed by atoms with Crippen LogP contribution in [-0.4, -0.2) is 52.4 Å². The third kappa shape index (κ3) is 169. The molecule has 134 valence electrons. The smallest absolute Gasteiger partial charge is 0.679 e. The number of hydrogen-bond acceptors (Lipinski definition) is 1. The van der Waals surface area contributed by atoms with E-state index in [9.17, 15) is 0 Å². The molecule has 0 aliphatic rings. The minimum atomic E-state index is -4.64. The van der Waals surface area contributed by atoms with Crippen molar-refractivity contribution >= 4 is 7.82 Å². The molecule has 0 fully saturated rings. The van der Waals surface area contributed by atoms with Crippen molar-refractivity contribution in [1.29, 1.82) is 0 Å². The molecule has 10 nitrogen and oxygen atoms in total. The molecule has 0 aliphatic heterocycles. The molecule has 0 aromatic heterocycles. The van der Waals surface area contributed by atoms with Crippen molar-refractivity contribution in [3.63, 3.8) is 0 Å². The molecule has 0 aliphatic carbocycles. The zero-order valence-electron chi connectivity index (χ0n) is 12.4. The van der Waals surface area contributed by atoms with Crippen molar-refractivity contribution < 1.29 is 36.0 Å². The second-order valence-corrected chi connectivity index (χ2v) is 4.86. The van der Waals surface area contributed by atoms with Gasteiger partial charge in [0.05, 0.1) is 0 Å². The van der Waals surface area contributed by atoms with E-state index in [4.69, 9.17) is 53.6 Å². The Morgan fingerprint density at radius 1 is 0.762 bits per heavy atom. The van der Waals surface area contributed by atoms with Gasteiger partial charge in [0, 0.05) is 0 Å². The SMILES string of the molecule is CC([NH-])C[NH-].CC([NH-])C[NH-].CC([NH-])C[NH-].O=P(O)(O)O.[Co+3]. The third-order valence-corrected chi connectivity index (χ3v) is 0.919. The van der Waals surface area contributed by atoms with Crippen LogP contribution in [0.4, 0.5) is 0 Å². The standard InChI is InChI=1S/3C3H8N2.Co.H3O4P/c3*1-3(5)2-4;;1-5(2,3)4/h3*3-5H,2H2,1H3;;(H3,1,2,3,4)/q3*-2;+3;. The molecule has 21 heavy (non-hydrogen) atoms. The summed E-state index contributed by atoms with van der Waals surface area (Å²) in [5, 5.41) is 0. The first kappa shape index (κ1) is 33.1. The van der Waals surface area contributed by atoms with Gasteiger partial charge in [0.15, 0.2) is 0 Å². The predicted octanol–water partition coefficient (Wildman–Crippen LogP) is 3.51. The molecule has 0 radical (unpaired) electrons. The summed E-state index contributed by atoms with van der Waals surface area (Å²) in [6.07, 6.45) is 0. The number of hydrogen-bond donors (Lipinski definition) is 3. The van der Waals surface area contributed by atoms with Gasteiger partial charge in [-0.1, -0.05) is 20.8 Å². The summed E-state index contributed by atoms with van der Waals surface area (Å²) in [4.78, 5) is 21.6. The fraction of sp³-hybridized carbons (Fsp3) is 1.00. The largest absolute Gasteiger partial charge is 3.00 e. The molecule has 0 amide bonds. The van der Waals surface area contributed by atoms with E-state index in [0.717, 1.165) is 0 Å². The molecule has 0 saturated heterocycles. The zero-order chi connectivity index (χ0) is 17.4. The zero-order valence-corrected chi connectivity index (χ0v) is 14.3. The Hall–Kier alpha value is 0.376. The predicted molar refractivity (Wildman–Crippen MR) is 83.2 cm³/mol. The molecule has 0 bridgehead atoms. The molecule has 0 heterocycles. The molecule has 3 atom stereocenters. The Bertz CT molecular complexity index is 191.